The predicted molar refractivity (Wildman–Crippen MR) is 105 cm³/mol. The van der Waals surface area contributed by atoms with Gasteiger partial charge in [-0.3, -0.25) is 0 Å². The van der Waals surface area contributed by atoms with E-state index in [-0.39, 0.29) is 22.8 Å². The topological polar surface area (TPSA) is 54.4 Å². The first-order chi connectivity index (χ1) is 12.4. The molecule has 0 bridgehead atoms. The molecule has 26 heavy (non-hydrogen) atoms. The van der Waals surface area contributed by atoms with Gasteiger partial charge in [0.15, 0.2) is 9.84 Å². The van der Waals surface area contributed by atoms with E-state index in [1.165, 1.54) is 6.07 Å². The Kier molecular flexibility index (Phi) is 5.42. The molecule has 140 valence electrons. The summed E-state index contributed by atoms with van der Waals surface area (Å²) in [5.74, 6) is 0.202. The van der Waals surface area contributed by atoms with Crippen molar-refractivity contribution >= 4 is 9.84 Å². The molecule has 3 nitrogen and oxygen atoms in total. The monoisotopic (exact) mass is 372 g/mol. The molecule has 0 saturated carbocycles. The predicted octanol–water partition coefficient (Wildman–Crippen LogP) is 5.29. The van der Waals surface area contributed by atoms with Crippen molar-refractivity contribution < 1.29 is 13.5 Å². The molecule has 4 heteroatoms. The highest BCUT2D eigenvalue weighted by Crippen LogP contribution is 2.48. The lowest BCUT2D eigenvalue weighted by Crippen LogP contribution is -2.29. The normalized spacial score (nSPS) is 24.6. The highest BCUT2D eigenvalue weighted by atomic mass is 32.2. The average Bonchev–Trinajstić information content (AvgIpc) is 2.74. The van der Waals surface area contributed by atoms with E-state index >= 15 is 0 Å². The number of phenolic OH excluding ortho intramolecular Hbond substituents is 1. The highest BCUT2D eigenvalue weighted by Gasteiger charge is 2.42. The first kappa shape index (κ1) is 19.0. The summed E-state index contributed by atoms with van der Waals surface area (Å²) in [5, 5.41) is 9.93. The summed E-state index contributed by atoms with van der Waals surface area (Å²) >= 11 is 0. The van der Waals surface area contributed by atoms with Crippen molar-refractivity contribution in [1.82, 2.24) is 0 Å². The van der Waals surface area contributed by atoms with Gasteiger partial charge in [0.2, 0.25) is 0 Å². The lowest BCUT2D eigenvalue weighted by Gasteiger charge is -2.34. The minimum absolute atomic E-state index is 0.0108. The van der Waals surface area contributed by atoms with Crippen LogP contribution in [0, 0.1) is 5.41 Å². The zero-order chi connectivity index (χ0) is 18.8. The average molecular weight is 373 g/mol. The van der Waals surface area contributed by atoms with Crippen LogP contribution in [0.3, 0.4) is 0 Å². The van der Waals surface area contributed by atoms with Gasteiger partial charge in [0.05, 0.1) is 10.6 Å². The third kappa shape index (κ3) is 3.66. The molecule has 1 aliphatic rings. The van der Waals surface area contributed by atoms with Crippen LogP contribution in [0.15, 0.2) is 53.4 Å². The Morgan fingerprint density at radius 1 is 1.12 bits per heavy atom. The van der Waals surface area contributed by atoms with Crippen molar-refractivity contribution in [3.8, 4) is 5.75 Å². The van der Waals surface area contributed by atoms with Gasteiger partial charge in [-0.25, -0.2) is 8.42 Å². The van der Waals surface area contributed by atoms with Crippen LogP contribution in [0.4, 0.5) is 0 Å². The molecule has 3 rings (SSSR count). The molecular weight excluding hydrogens is 344 g/mol. The Morgan fingerprint density at radius 2 is 1.85 bits per heavy atom. The van der Waals surface area contributed by atoms with E-state index in [9.17, 15) is 13.5 Å². The number of unbranched alkanes of at least 4 members (excludes halogenated alkanes) is 1. The molecule has 0 amide bonds. The van der Waals surface area contributed by atoms with Crippen LogP contribution in [0.2, 0.25) is 0 Å². The van der Waals surface area contributed by atoms with E-state index in [0.29, 0.717) is 4.90 Å². The van der Waals surface area contributed by atoms with Gasteiger partial charge in [0, 0.05) is 5.92 Å². The molecule has 0 spiro atoms. The number of aromatic hydroxyl groups is 1. The van der Waals surface area contributed by atoms with Crippen LogP contribution < -0.4 is 0 Å². The molecule has 0 unspecified atom stereocenters. The zero-order valence-electron chi connectivity index (χ0n) is 15.6. The molecule has 1 N–H and O–H groups in total. The van der Waals surface area contributed by atoms with Gasteiger partial charge in [-0.15, -0.1) is 0 Å². The van der Waals surface area contributed by atoms with Crippen molar-refractivity contribution in [1.29, 1.82) is 0 Å². The van der Waals surface area contributed by atoms with Gasteiger partial charge in [-0.1, -0.05) is 63.1 Å². The Bertz CT molecular complexity index is 858. The first-order valence-corrected chi connectivity index (χ1v) is 11.2. The Labute approximate surface area is 157 Å². The molecule has 2 aromatic carbocycles. The van der Waals surface area contributed by atoms with E-state index < -0.39 is 9.84 Å². The molecule has 0 saturated heterocycles. The van der Waals surface area contributed by atoms with Gasteiger partial charge in [0.25, 0.3) is 0 Å². The molecule has 0 aromatic heterocycles. The van der Waals surface area contributed by atoms with Crippen LogP contribution >= 0.6 is 0 Å². The third-order valence-corrected chi connectivity index (χ3v) is 7.87. The second kappa shape index (κ2) is 7.43. The maximum absolute atomic E-state index is 13.2. The minimum atomic E-state index is -3.45. The van der Waals surface area contributed by atoms with Gasteiger partial charge in [-0.05, 0) is 47.9 Å². The smallest absolute Gasteiger partial charge is 0.179 e. The van der Waals surface area contributed by atoms with E-state index in [2.05, 4.69) is 26.0 Å². The number of benzene rings is 2. The van der Waals surface area contributed by atoms with Crippen molar-refractivity contribution in [3.63, 3.8) is 0 Å². The number of rotatable bonds is 5. The van der Waals surface area contributed by atoms with Gasteiger partial charge < -0.3 is 5.11 Å². The molecular formula is C22H28O3S. The maximum Gasteiger partial charge on any atom is 0.179 e. The van der Waals surface area contributed by atoms with Crippen LogP contribution in [0.1, 0.15) is 63.0 Å². The van der Waals surface area contributed by atoms with E-state index in [1.54, 1.807) is 12.1 Å². The number of fused-ring (bicyclic) bond motifs is 1. The minimum Gasteiger partial charge on any atom is -0.508 e. The van der Waals surface area contributed by atoms with Crippen molar-refractivity contribution in [3.05, 3.63) is 59.7 Å². The quantitative estimate of drug-likeness (QED) is 0.776. The number of sulfone groups is 1. The fourth-order valence-electron chi connectivity index (χ4n) is 4.29. The van der Waals surface area contributed by atoms with E-state index in [1.807, 2.05) is 18.2 Å². The van der Waals surface area contributed by atoms with Crippen LogP contribution in [0.25, 0.3) is 0 Å². The van der Waals surface area contributed by atoms with Crippen LogP contribution in [-0.4, -0.2) is 19.3 Å². The summed E-state index contributed by atoms with van der Waals surface area (Å²) in [6.07, 6.45) is 4.68. The van der Waals surface area contributed by atoms with Crippen molar-refractivity contribution in [2.24, 2.45) is 5.41 Å². The lowest BCUT2D eigenvalue weighted by atomic mass is 9.71. The summed E-state index contributed by atoms with van der Waals surface area (Å²) in [5.41, 5.74) is 1.73. The number of hydrogen-bond acceptors (Lipinski definition) is 3. The summed E-state index contributed by atoms with van der Waals surface area (Å²) in [6, 6.07) is 15.0. The molecule has 2 atom stereocenters. The summed E-state index contributed by atoms with van der Waals surface area (Å²) in [7, 11) is -3.45. The van der Waals surface area contributed by atoms with Crippen LogP contribution in [0.5, 0.6) is 5.75 Å². The van der Waals surface area contributed by atoms with E-state index in [0.717, 1.165) is 43.2 Å². The maximum atomic E-state index is 13.2. The largest absolute Gasteiger partial charge is 0.508 e. The van der Waals surface area contributed by atoms with Crippen LogP contribution in [-0.2, 0) is 9.84 Å². The van der Waals surface area contributed by atoms with Gasteiger partial charge >= 0.3 is 0 Å². The molecule has 0 aliphatic carbocycles. The SMILES string of the molecule is CCCC[C@@]1(CC)C[C@H](c2ccccc2)c2ccc(O)cc2S(=O)(=O)C1. The Hall–Kier alpha value is -1.81. The molecule has 1 aliphatic heterocycles. The number of hydrogen-bond donors (Lipinski definition) is 1. The Balaban J connectivity index is 2.20. The van der Waals surface area contributed by atoms with Gasteiger partial charge in [0.1, 0.15) is 5.75 Å². The fraction of sp³-hybridized carbons (Fsp3) is 0.455. The first-order valence-electron chi connectivity index (χ1n) is 9.51. The molecule has 0 radical (unpaired) electrons. The summed E-state index contributed by atoms with van der Waals surface area (Å²) in [4.78, 5) is 0.304. The molecule has 1 heterocycles. The lowest BCUT2D eigenvalue weighted by molar-refractivity contribution is 0.247. The number of phenols is 1. The second-order valence-corrected chi connectivity index (χ2v) is 9.56. The van der Waals surface area contributed by atoms with Gasteiger partial charge in [-0.2, -0.15) is 0 Å². The third-order valence-electron chi connectivity index (χ3n) is 5.85. The molecule has 0 fully saturated rings. The zero-order valence-corrected chi connectivity index (χ0v) is 16.4. The summed E-state index contributed by atoms with van der Waals surface area (Å²) < 4.78 is 26.5. The standard InChI is InChI=1S/C22H28O3S/c1-3-5-13-22(4-2)15-20(17-9-7-6-8-10-17)19-12-11-18(23)14-21(19)26(24,25)16-22/h6-12,14,20,23H,3-5,13,15-16H2,1-2H3/t20-,22+/m1/s1. The second-order valence-electron chi connectivity index (χ2n) is 7.61. The van der Waals surface area contributed by atoms with Crippen molar-refractivity contribution in [2.75, 3.05) is 5.75 Å². The molecule has 2 aromatic rings. The summed E-state index contributed by atoms with van der Waals surface area (Å²) in [6.45, 7) is 4.26. The Morgan fingerprint density at radius 3 is 2.50 bits per heavy atom. The van der Waals surface area contributed by atoms with Crippen molar-refractivity contribution in [2.45, 2.75) is 56.8 Å². The fourth-order valence-corrected chi connectivity index (χ4v) is 6.59. The highest BCUT2D eigenvalue weighted by molar-refractivity contribution is 7.91. The van der Waals surface area contributed by atoms with E-state index in [4.69, 9.17) is 0 Å².